The van der Waals surface area contributed by atoms with Gasteiger partial charge in [-0.1, -0.05) is 43.3 Å². The van der Waals surface area contributed by atoms with Gasteiger partial charge in [0.15, 0.2) is 0 Å². The molecule has 0 saturated carbocycles. The highest BCUT2D eigenvalue weighted by atomic mass is 32.1. The molecule has 0 radical (unpaired) electrons. The number of hydrazine groups is 1. The van der Waals surface area contributed by atoms with Gasteiger partial charge in [0, 0.05) is 10.9 Å². The number of urea groups is 1. The minimum Gasteiger partial charge on any atom is -0.318 e. The molecule has 4 rings (SSSR count). The van der Waals surface area contributed by atoms with Gasteiger partial charge < -0.3 is 5.32 Å². The first kappa shape index (κ1) is 19.6. The largest absolute Gasteiger partial charge is 0.344 e. The molecular formula is C21H24N4O3S. The number of hydrogen-bond acceptors (Lipinski definition) is 5. The van der Waals surface area contributed by atoms with Gasteiger partial charge in [-0.3, -0.25) is 19.9 Å². The quantitative estimate of drug-likeness (QED) is 0.715. The van der Waals surface area contributed by atoms with Crippen LogP contribution < -0.4 is 10.7 Å². The second-order valence-electron chi connectivity index (χ2n) is 7.37. The normalized spacial score (nSPS) is 24.7. The molecule has 2 aliphatic heterocycles. The van der Waals surface area contributed by atoms with E-state index in [0.29, 0.717) is 12.0 Å². The van der Waals surface area contributed by atoms with Gasteiger partial charge in [-0.2, -0.15) is 5.01 Å². The predicted octanol–water partition coefficient (Wildman–Crippen LogP) is 2.77. The Balaban J connectivity index is 1.46. The minimum atomic E-state index is -1.15. The van der Waals surface area contributed by atoms with E-state index in [4.69, 9.17) is 0 Å². The van der Waals surface area contributed by atoms with Crippen molar-refractivity contribution in [2.75, 3.05) is 13.1 Å². The van der Waals surface area contributed by atoms with Crippen LogP contribution in [0.15, 0.2) is 47.8 Å². The molecule has 8 heteroatoms. The number of hydrogen-bond donors (Lipinski definition) is 2. The molecule has 4 amide bonds. The van der Waals surface area contributed by atoms with Gasteiger partial charge in [-0.15, -0.1) is 11.3 Å². The summed E-state index contributed by atoms with van der Waals surface area (Å²) in [4.78, 5) is 41.6. The minimum absolute atomic E-state index is 0.143. The highest BCUT2D eigenvalue weighted by molar-refractivity contribution is 7.10. The molecule has 2 saturated heterocycles. The van der Waals surface area contributed by atoms with Crippen molar-refractivity contribution in [3.63, 3.8) is 0 Å². The van der Waals surface area contributed by atoms with Crippen molar-refractivity contribution in [1.82, 2.24) is 20.7 Å². The van der Waals surface area contributed by atoms with Crippen molar-refractivity contribution in [2.45, 2.75) is 37.8 Å². The van der Waals surface area contributed by atoms with E-state index in [1.807, 2.05) is 48.7 Å². The van der Waals surface area contributed by atoms with Gasteiger partial charge in [0.25, 0.3) is 11.8 Å². The fourth-order valence-corrected chi connectivity index (χ4v) is 5.10. The summed E-state index contributed by atoms with van der Waals surface area (Å²) in [5, 5.41) is 5.64. The standard InChI is InChI=1S/C21H24N4O3S/c1-2-21(15-8-4-3-5-9-15)19(27)25(20(28)22-21)23-18(26)14-24-12-6-10-16(24)17-11-7-13-29-17/h3-5,7-9,11,13,16H,2,6,10,12,14H2,1H3,(H,22,28)(H,23,26)/t16-,21+/m0/s1. The van der Waals surface area contributed by atoms with Gasteiger partial charge >= 0.3 is 6.03 Å². The third-order valence-electron chi connectivity index (χ3n) is 5.71. The van der Waals surface area contributed by atoms with Crippen molar-refractivity contribution in [3.8, 4) is 0 Å². The lowest BCUT2D eigenvalue weighted by molar-refractivity contribution is -0.140. The number of imide groups is 1. The van der Waals surface area contributed by atoms with Crippen LogP contribution in [0, 0.1) is 0 Å². The van der Waals surface area contributed by atoms with E-state index in [2.05, 4.69) is 21.7 Å². The monoisotopic (exact) mass is 412 g/mol. The topological polar surface area (TPSA) is 81.8 Å². The molecule has 152 valence electrons. The number of nitrogens with one attached hydrogen (secondary N) is 2. The average molecular weight is 413 g/mol. The number of rotatable bonds is 6. The highest BCUT2D eigenvalue weighted by Crippen LogP contribution is 2.34. The van der Waals surface area contributed by atoms with E-state index >= 15 is 0 Å². The fraction of sp³-hybridized carbons (Fsp3) is 0.381. The zero-order valence-electron chi connectivity index (χ0n) is 16.3. The Hall–Kier alpha value is -2.71. The second-order valence-corrected chi connectivity index (χ2v) is 8.35. The van der Waals surface area contributed by atoms with Crippen molar-refractivity contribution in [1.29, 1.82) is 0 Å². The van der Waals surface area contributed by atoms with Crippen LogP contribution in [-0.4, -0.2) is 40.8 Å². The molecule has 2 aliphatic rings. The smallest absolute Gasteiger partial charge is 0.318 e. The van der Waals surface area contributed by atoms with Crippen molar-refractivity contribution >= 4 is 29.2 Å². The number of thiophene rings is 1. The summed E-state index contributed by atoms with van der Waals surface area (Å²) in [5.74, 6) is -0.822. The lowest BCUT2D eigenvalue weighted by Gasteiger charge is -2.26. The van der Waals surface area contributed by atoms with Crippen LogP contribution in [0.4, 0.5) is 4.79 Å². The Labute approximate surface area is 173 Å². The van der Waals surface area contributed by atoms with E-state index in [0.717, 1.165) is 24.4 Å². The van der Waals surface area contributed by atoms with Gasteiger partial charge in [0.2, 0.25) is 0 Å². The highest BCUT2D eigenvalue weighted by Gasteiger charge is 2.52. The van der Waals surface area contributed by atoms with Gasteiger partial charge in [0.05, 0.1) is 6.54 Å². The van der Waals surface area contributed by atoms with Gasteiger partial charge in [0.1, 0.15) is 5.54 Å². The Morgan fingerprint density at radius 1 is 1.24 bits per heavy atom. The first-order valence-electron chi connectivity index (χ1n) is 9.84. The van der Waals surface area contributed by atoms with E-state index in [1.54, 1.807) is 11.3 Å². The second kappa shape index (κ2) is 7.96. The molecule has 0 spiro atoms. The molecule has 1 aromatic heterocycles. The maximum absolute atomic E-state index is 13.1. The summed E-state index contributed by atoms with van der Waals surface area (Å²) in [6.07, 6.45) is 2.41. The summed E-state index contributed by atoms with van der Waals surface area (Å²) in [6.45, 7) is 2.80. The van der Waals surface area contributed by atoms with Crippen LogP contribution in [-0.2, 0) is 15.1 Å². The predicted molar refractivity (Wildman–Crippen MR) is 110 cm³/mol. The molecule has 2 fully saturated rings. The van der Waals surface area contributed by atoms with Crippen molar-refractivity contribution in [3.05, 3.63) is 58.3 Å². The molecular weight excluding hydrogens is 388 g/mol. The summed E-state index contributed by atoms with van der Waals surface area (Å²) in [6, 6.07) is 12.8. The first-order chi connectivity index (χ1) is 14.0. The zero-order valence-corrected chi connectivity index (χ0v) is 17.1. The fourth-order valence-electron chi connectivity index (χ4n) is 4.20. The van der Waals surface area contributed by atoms with Crippen LogP contribution in [0.5, 0.6) is 0 Å². The third-order valence-corrected chi connectivity index (χ3v) is 6.68. The molecule has 0 unspecified atom stereocenters. The van der Waals surface area contributed by atoms with E-state index in [-0.39, 0.29) is 18.5 Å². The lowest BCUT2D eigenvalue weighted by Crippen LogP contribution is -2.51. The number of carbonyl (C=O) groups excluding carboxylic acids is 3. The van der Waals surface area contributed by atoms with E-state index in [9.17, 15) is 14.4 Å². The zero-order chi connectivity index (χ0) is 20.4. The Kier molecular flexibility index (Phi) is 5.38. The molecule has 3 heterocycles. The van der Waals surface area contributed by atoms with Gasteiger partial charge in [-0.25, -0.2) is 4.79 Å². The maximum Gasteiger partial charge on any atom is 0.344 e. The maximum atomic E-state index is 13.1. The molecule has 2 atom stereocenters. The van der Waals surface area contributed by atoms with Crippen molar-refractivity contribution < 1.29 is 14.4 Å². The number of carbonyl (C=O) groups is 3. The van der Waals surface area contributed by atoms with Crippen LogP contribution in [0.1, 0.15) is 42.7 Å². The van der Waals surface area contributed by atoms with Crippen LogP contribution in [0.2, 0.25) is 0 Å². The van der Waals surface area contributed by atoms with Crippen molar-refractivity contribution in [2.24, 2.45) is 0 Å². The van der Waals surface area contributed by atoms with Gasteiger partial charge in [-0.05, 0) is 42.8 Å². The van der Waals surface area contributed by atoms with Crippen LogP contribution >= 0.6 is 11.3 Å². The lowest BCUT2D eigenvalue weighted by atomic mass is 9.87. The molecule has 0 bridgehead atoms. The number of amides is 4. The Morgan fingerprint density at radius 3 is 2.72 bits per heavy atom. The SMILES string of the molecule is CC[C@]1(c2ccccc2)NC(=O)N(NC(=O)CN2CCC[C@H]2c2cccs2)C1=O. The summed E-state index contributed by atoms with van der Waals surface area (Å²) >= 11 is 1.68. The molecule has 1 aromatic carbocycles. The molecule has 29 heavy (non-hydrogen) atoms. The Morgan fingerprint density at radius 2 is 2.03 bits per heavy atom. The number of nitrogens with zero attached hydrogens (tertiary/aromatic N) is 2. The summed E-state index contributed by atoms with van der Waals surface area (Å²) in [7, 11) is 0. The summed E-state index contributed by atoms with van der Waals surface area (Å²) in [5.41, 5.74) is 2.07. The number of likely N-dealkylation sites (tertiary alicyclic amines) is 1. The molecule has 2 aromatic rings. The van der Waals surface area contributed by atoms with E-state index in [1.165, 1.54) is 4.88 Å². The molecule has 7 nitrogen and oxygen atoms in total. The third kappa shape index (κ3) is 3.54. The average Bonchev–Trinajstić information content (AvgIpc) is 3.45. The number of benzene rings is 1. The van der Waals surface area contributed by atoms with E-state index < -0.39 is 17.5 Å². The van der Waals surface area contributed by atoms with Crippen LogP contribution in [0.3, 0.4) is 0 Å². The molecule has 0 aliphatic carbocycles. The molecule has 2 N–H and O–H groups in total. The Bertz CT molecular complexity index is 902. The first-order valence-corrected chi connectivity index (χ1v) is 10.7. The van der Waals surface area contributed by atoms with Crippen LogP contribution in [0.25, 0.3) is 0 Å². The summed E-state index contributed by atoms with van der Waals surface area (Å²) < 4.78 is 0.